The Morgan fingerprint density at radius 3 is 2.87 bits per heavy atom. The highest BCUT2D eigenvalue weighted by Gasteiger charge is 2.27. The molecular weight excluding hydrogens is 298 g/mol. The largest absolute Gasteiger partial charge is 0.497 e. The van der Waals surface area contributed by atoms with Crippen LogP contribution in [0.4, 0.5) is 4.79 Å². The van der Waals surface area contributed by atoms with Crippen molar-refractivity contribution in [2.24, 2.45) is 4.99 Å². The Kier molecular flexibility index (Phi) is 5.79. The van der Waals surface area contributed by atoms with E-state index >= 15 is 0 Å². The minimum Gasteiger partial charge on any atom is -0.497 e. The van der Waals surface area contributed by atoms with Gasteiger partial charge in [-0.3, -0.25) is 14.7 Å². The lowest BCUT2D eigenvalue weighted by atomic mass is 10.2. The topological polar surface area (TPSA) is 95.1 Å². The number of amides is 3. The number of methoxy groups -OCH3 is 1. The van der Waals surface area contributed by atoms with Gasteiger partial charge in [-0.1, -0.05) is 12.1 Å². The van der Waals surface area contributed by atoms with Crippen molar-refractivity contribution >= 4 is 17.9 Å². The number of carbonyl (C=O) groups excluding carboxylic acids is 2. The second-order valence-corrected chi connectivity index (χ2v) is 4.91. The number of ether oxygens (including phenoxy) is 1. The first-order chi connectivity index (χ1) is 11.1. The summed E-state index contributed by atoms with van der Waals surface area (Å²) in [4.78, 5) is 28.2. The highest BCUT2D eigenvalue weighted by molar-refractivity contribution is 6.01. The van der Waals surface area contributed by atoms with Crippen LogP contribution in [0.3, 0.4) is 0 Å². The number of nitrogens with one attached hydrogen (secondary N) is 3. The number of hydrogen-bond acceptors (Lipinski definition) is 4. The molecular formula is C15H21N5O3. The van der Waals surface area contributed by atoms with Gasteiger partial charge in [-0.2, -0.15) is 0 Å². The Hall–Kier alpha value is -2.77. The summed E-state index contributed by atoms with van der Waals surface area (Å²) < 4.78 is 5.18. The zero-order valence-electron chi connectivity index (χ0n) is 13.3. The smallest absolute Gasteiger partial charge is 0.324 e. The lowest BCUT2D eigenvalue weighted by Gasteiger charge is -2.15. The first kappa shape index (κ1) is 16.6. The second kappa shape index (κ2) is 8.02. The minimum atomic E-state index is -0.351. The van der Waals surface area contributed by atoms with Crippen molar-refractivity contribution < 1.29 is 14.3 Å². The average molecular weight is 319 g/mol. The van der Waals surface area contributed by atoms with Crippen molar-refractivity contribution in [3.63, 3.8) is 0 Å². The van der Waals surface area contributed by atoms with Crippen molar-refractivity contribution in [3.8, 4) is 5.75 Å². The summed E-state index contributed by atoms with van der Waals surface area (Å²) >= 11 is 0. The van der Waals surface area contributed by atoms with Crippen LogP contribution in [0.15, 0.2) is 29.3 Å². The molecule has 0 saturated carbocycles. The van der Waals surface area contributed by atoms with E-state index in [4.69, 9.17) is 4.74 Å². The second-order valence-electron chi connectivity index (χ2n) is 4.91. The molecule has 3 amide bonds. The molecule has 3 N–H and O–H groups in total. The average Bonchev–Trinajstić information content (AvgIpc) is 2.89. The lowest BCUT2D eigenvalue weighted by Crippen LogP contribution is -2.43. The molecule has 1 aliphatic rings. The van der Waals surface area contributed by atoms with Crippen LogP contribution in [0, 0.1) is 0 Å². The summed E-state index contributed by atoms with van der Waals surface area (Å²) in [5.41, 5.74) is 1.06. The van der Waals surface area contributed by atoms with Crippen molar-refractivity contribution in [2.75, 3.05) is 33.8 Å². The van der Waals surface area contributed by atoms with Crippen molar-refractivity contribution in [3.05, 3.63) is 29.8 Å². The van der Waals surface area contributed by atoms with Gasteiger partial charge in [0.15, 0.2) is 5.96 Å². The van der Waals surface area contributed by atoms with Gasteiger partial charge in [0.25, 0.3) is 0 Å². The predicted molar refractivity (Wildman–Crippen MR) is 86.3 cm³/mol. The molecule has 8 nitrogen and oxygen atoms in total. The summed E-state index contributed by atoms with van der Waals surface area (Å²) in [7, 11) is 3.29. The van der Waals surface area contributed by atoms with E-state index in [9.17, 15) is 9.59 Å². The fourth-order valence-corrected chi connectivity index (χ4v) is 2.16. The number of aliphatic imine (C=N–C) groups is 1. The number of guanidine groups is 1. The zero-order valence-corrected chi connectivity index (χ0v) is 13.3. The van der Waals surface area contributed by atoms with Crippen LogP contribution in [0.2, 0.25) is 0 Å². The van der Waals surface area contributed by atoms with Crippen molar-refractivity contribution in [1.29, 1.82) is 0 Å². The van der Waals surface area contributed by atoms with Crippen LogP contribution < -0.4 is 20.7 Å². The van der Waals surface area contributed by atoms with Gasteiger partial charge in [0.05, 0.1) is 13.7 Å². The molecule has 0 aromatic heterocycles. The molecule has 23 heavy (non-hydrogen) atoms. The molecule has 0 aliphatic carbocycles. The standard InChI is InChI=1S/C15H21N5O3/c1-16-14(17-6-7-20-13(21)10-19-15(20)22)18-9-11-4-3-5-12(8-11)23-2/h3-5,8H,6-7,9-10H2,1-2H3,(H,19,22)(H2,16,17,18). The van der Waals surface area contributed by atoms with Gasteiger partial charge in [-0.15, -0.1) is 0 Å². The number of benzene rings is 1. The van der Waals surface area contributed by atoms with E-state index in [1.165, 1.54) is 4.90 Å². The molecule has 1 fully saturated rings. The maximum absolute atomic E-state index is 11.5. The SMILES string of the molecule is CN=C(NCCN1C(=O)CNC1=O)NCc1cccc(OC)c1. The molecule has 0 spiro atoms. The lowest BCUT2D eigenvalue weighted by molar-refractivity contribution is -0.124. The van der Waals surface area contributed by atoms with Crippen LogP contribution >= 0.6 is 0 Å². The Balaban J connectivity index is 1.77. The molecule has 124 valence electrons. The van der Waals surface area contributed by atoms with Crippen LogP contribution in [0.25, 0.3) is 0 Å². The quantitative estimate of drug-likeness (QED) is 0.387. The Morgan fingerprint density at radius 2 is 2.22 bits per heavy atom. The van der Waals surface area contributed by atoms with E-state index in [1.807, 2.05) is 24.3 Å². The van der Waals surface area contributed by atoms with Gasteiger partial charge in [0.1, 0.15) is 5.75 Å². The summed E-state index contributed by atoms with van der Waals surface area (Å²) in [5, 5.41) is 8.72. The molecule has 8 heteroatoms. The van der Waals surface area contributed by atoms with Crippen molar-refractivity contribution in [2.45, 2.75) is 6.54 Å². The van der Waals surface area contributed by atoms with E-state index < -0.39 is 0 Å². The fraction of sp³-hybridized carbons (Fsp3) is 0.400. The first-order valence-electron chi connectivity index (χ1n) is 7.29. The summed E-state index contributed by atoms with van der Waals surface area (Å²) in [5.74, 6) is 1.18. The highest BCUT2D eigenvalue weighted by Crippen LogP contribution is 2.11. The molecule has 0 radical (unpaired) electrons. The summed E-state index contributed by atoms with van der Waals surface area (Å²) in [6.45, 7) is 1.38. The molecule has 1 saturated heterocycles. The minimum absolute atomic E-state index is 0.0711. The van der Waals surface area contributed by atoms with Crippen LogP contribution in [-0.2, 0) is 11.3 Å². The van der Waals surface area contributed by atoms with E-state index in [0.29, 0.717) is 25.6 Å². The number of rotatable bonds is 6. The third kappa shape index (κ3) is 4.60. The fourth-order valence-electron chi connectivity index (χ4n) is 2.16. The monoisotopic (exact) mass is 319 g/mol. The summed E-state index contributed by atoms with van der Waals surface area (Å²) in [6.07, 6.45) is 0. The van der Waals surface area contributed by atoms with E-state index in [-0.39, 0.29) is 18.5 Å². The Bertz CT molecular complexity index is 587. The third-order valence-corrected chi connectivity index (χ3v) is 3.38. The van der Waals surface area contributed by atoms with Crippen LogP contribution in [-0.4, -0.2) is 56.6 Å². The number of carbonyl (C=O) groups is 2. The molecule has 1 aromatic rings. The zero-order chi connectivity index (χ0) is 16.7. The molecule has 2 rings (SSSR count). The molecule has 0 bridgehead atoms. The molecule has 1 aliphatic heterocycles. The normalized spacial score (nSPS) is 14.7. The molecule has 0 unspecified atom stereocenters. The summed E-state index contributed by atoms with van der Waals surface area (Å²) in [6, 6.07) is 7.37. The number of urea groups is 1. The number of imide groups is 1. The maximum Gasteiger partial charge on any atom is 0.324 e. The van der Waals surface area contributed by atoms with Crippen molar-refractivity contribution in [1.82, 2.24) is 20.9 Å². The molecule has 1 heterocycles. The first-order valence-corrected chi connectivity index (χ1v) is 7.29. The predicted octanol–water partition coefficient (Wildman–Crippen LogP) is -0.0880. The van der Waals surface area contributed by atoms with E-state index in [0.717, 1.165) is 11.3 Å². The maximum atomic E-state index is 11.5. The van der Waals surface area contributed by atoms with Gasteiger partial charge in [-0.25, -0.2) is 4.79 Å². The van der Waals surface area contributed by atoms with Crippen LogP contribution in [0.5, 0.6) is 5.75 Å². The number of nitrogens with zero attached hydrogens (tertiary/aromatic N) is 2. The van der Waals surface area contributed by atoms with Gasteiger partial charge in [0.2, 0.25) is 5.91 Å². The van der Waals surface area contributed by atoms with Gasteiger partial charge in [0, 0.05) is 26.7 Å². The van der Waals surface area contributed by atoms with Crippen LogP contribution in [0.1, 0.15) is 5.56 Å². The highest BCUT2D eigenvalue weighted by atomic mass is 16.5. The van der Waals surface area contributed by atoms with Gasteiger partial charge < -0.3 is 20.7 Å². The van der Waals surface area contributed by atoms with Gasteiger partial charge in [-0.05, 0) is 17.7 Å². The Morgan fingerprint density at radius 1 is 1.39 bits per heavy atom. The number of hydrogen-bond donors (Lipinski definition) is 3. The third-order valence-electron chi connectivity index (χ3n) is 3.38. The molecule has 0 atom stereocenters. The Labute approximate surface area is 134 Å². The molecule has 1 aromatic carbocycles. The van der Waals surface area contributed by atoms with Gasteiger partial charge >= 0.3 is 6.03 Å². The van der Waals surface area contributed by atoms with E-state index in [2.05, 4.69) is 20.9 Å². The van der Waals surface area contributed by atoms with E-state index in [1.54, 1.807) is 14.2 Å².